The van der Waals surface area contributed by atoms with Crippen molar-refractivity contribution in [1.29, 1.82) is 0 Å². The first-order valence-corrected chi connectivity index (χ1v) is 7.84. The van der Waals surface area contributed by atoms with Gasteiger partial charge < -0.3 is 14.8 Å². The number of halogens is 2. The van der Waals surface area contributed by atoms with Crippen molar-refractivity contribution in [1.82, 2.24) is 0 Å². The van der Waals surface area contributed by atoms with E-state index in [-0.39, 0.29) is 23.0 Å². The molecule has 1 N–H and O–H groups in total. The number of alkyl halides is 2. The van der Waals surface area contributed by atoms with Gasteiger partial charge in [0.25, 0.3) is 5.91 Å². The number of nitrogens with one attached hydrogen (secondary N) is 1. The first-order chi connectivity index (χ1) is 11.0. The van der Waals surface area contributed by atoms with E-state index >= 15 is 0 Å². The number of carbonyl (C=O) groups excluding carboxylic acids is 1. The van der Waals surface area contributed by atoms with Crippen molar-refractivity contribution in [3.8, 4) is 11.5 Å². The smallest absolute Gasteiger partial charge is 0.387 e. The number of carbonyl (C=O) groups is 1. The summed E-state index contributed by atoms with van der Waals surface area (Å²) in [6, 6.07) is 11.4. The van der Waals surface area contributed by atoms with Gasteiger partial charge in [-0.15, -0.1) is 11.8 Å². The summed E-state index contributed by atoms with van der Waals surface area (Å²) in [5.41, 5.74) is 0.923. The predicted molar refractivity (Wildman–Crippen MR) is 85.8 cm³/mol. The maximum Gasteiger partial charge on any atom is 0.387 e. The molecule has 4 nitrogen and oxygen atoms in total. The molecule has 0 saturated carbocycles. The van der Waals surface area contributed by atoms with Crippen molar-refractivity contribution in [2.24, 2.45) is 0 Å². The molecule has 0 aliphatic carbocycles. The highest BCUT2D eigenvalue weighted by Crippen LogP contribution is 2.30. The van der Waals surface area contributed by atoms with Crippen LogP contribution in [0.4, 0.5) is 14.5 Å². The van der Waals surface area contributed by atoms with Crippen molar-refractivity contribution in [2.75, 3.05) is 18.7 Å². The Labute approximate surface area is 136 Å². The predicted octanol–water partition coefficient (Wildman–Crippen LogP) is 4.27. The van der Waals surface area contributed by atoms with E-state index in [1.807, 2.05) is 24.5 Å². The van der Waals surface area contributed by atoms with Gasteiger partial charge in [0.1, 0.15) is 0 Å². The molecule has 0 heterocycles. The van der Waals surface area contributed by atoms with Crippen LogP contribution in [0.25, 0.3) is 0 Å². The molecule has 0 atom stereocenters. The van der Waals surface area contributed by atoms with Gasteiger partial charge in [-0.1, -0.05) is 6.07 Å². The fourth-order valence-corrected chi connectivity index (χ4v) is 2.37. The summed E-state index contributed by atoms with van der Waals surface area (Å²) in [5, 5.41) is 2.75. The highest BCUT2D eigenvalue weighted by atomic mass is 32.2. The maximum absolute atomic E-state index is 12.3. The molecule has 0 unspecified atom stereocenters. The van der Waals surface area contributed by atoms with Crippen LogP contribution in [0.3, 0.4) is 0 Å². The van der Waals surface area contributed by atoms with E-state index in [0.29, 0.717) is 5.69 Å². The summed E-state index contributed by atoms with van der Waals surface area (Å²) >= 11 is 1.56. The number of anilines is 1. The van der Waals surface area contributed by atoms with E-state index in [0.717, 1.165) is 4.90 Å². The molecule has 2 aromatic rings. The number of methoxy groups -OCH3 is 1. The van der Waals surface area contributed by atoms with E-state index in [1.54, 1.807) is 17.8 Å². The van der Waals surface area contributed by atoms with E-state index in [2.05, 4.69) is 10.1 Å². The molecule has 0 radical (unpaired) electrons. The molecule has 0 aliphatic heterocycles. The number of benzene rings is 2. The molecule has 0 bridgehead atoms. The van der Waals surface area contributed by atoms with E-state index in [4.69, 9.17) is 4.74 Å². The SMILES string of the molecule is COc1cc(C(=O)Nc2cccc(SC)c2)ccc1OC(F)F. The molecular weight excluding hydrogens is 324 g/mol. The average Bonchev–Trinajstić information content (AvgIpc) is 2.54. The van der Waals surface area contributed by atoms with Crippen LogP contribution in [0.2, 0.25) is 0 Å². The lowest BCUT2D eigenvalue weighted by molar-refractivity contribution is -0.0512. The summed E-state index contributed by atoms with van der Waals surface area (Å²) in [6.07, 6.45) is 1.94. The highest BCUT2D eigenvalue weighted by molar-refractivity contribution is 7.98. The van der Waals surface area contributed by atoms with Crippen LogP contribution in [-0.4, -0.2) is 25.9 Å². The van der Waals surface area contributed by atoms with Crippen molar-refractivity contribution in [3.63, 3.8) is 0 Å². The van der Waals surface area contributed by atoms with Crippen molar-refractivity contribution < 1.29 is 23.0 Å². The quantitative estimate of drug-likeness (QED) is 0.799. The molecule has 0 aromatic heterocycles. The zero-order chi connectivity index (χ0) is 16.8. The average molecular weight is 339 g/mol. The van der Waals surface area contributed by atoms with Gasteiger partial charge in [-0.25, -0.2) is 0 Å². The number of hydrogen-bond acceptors (Lipinski definition) is 4. The topological polar surface area (TPSA) is 47.6 Å². The lowest BCUT2D eigenvalue weighted by Crippen LogP contribution is -2.12. The van der Waals surface area contributed by atoms with Gasteiger partial charge in [-0.05, 0) is 42.7 Å². The maximum atomic E-state index is 12.3. The first kappa shape index (κ1) is 17.1. The second-order valence-electron chi connectivity index (χ2n) is 4.43. The lowest BCUT2D eigenvalue weighted by Gasteiger charge is -2.12. The Morgan fingerprint density at radius 2 is 1.96 bits per heavy atom. The Bertz CT molecular complexity index is 695. The van der Waals surface area contributed by atoms with Crippen LogP contribution < -0.4 is 14.8 Å². The third-order valence-corrected chi connectivity index (χ3v) is 3.69. The summed E-state index contributed by atoms with van der Waals surface area (Å²) < 4.78 is 33.9. The van der Waals surface area contributed by atoms with Crippen LogP contribution in [0.1, 0.15) is 10.4 Å². The molecule has 0 aliphatic rings. The zero-order valence-corrected chi connectivity index (χ0v) is 13.3. The number of amides is 1. The van der Waals surface area contributed by atoms with Crippen molar-refractivity contribution >= 4 is 23.4 Å². The van der Waals surface area contributed by atoms with Gasteiger partial charge in [-0.2, -0.15) is 8.78 Å². The van der Waals surface area contributed by atoms with Crippen molar-refractivity contribution in [2.45, 2.75) is 11.5 Å². The minimum Gasteiger partial charge on any atom is -0.493 e. The minimum absolute atomic E-state index is 0.0656. The summed E-state index contributed by atoms with van der Waals surface area (Å²) in [5.74, 6) is -0.426. The van der Waals surface area contributed by atoms with Gasteiger partial charge >= 0.3 is 6.61 Å². The fraction of sp³-hybridized carbons (Fsp3) is 0.188. The minimum atomic E-state index is -2.96. The van der Waals surface area contributed by atoms with E-state index < -0.39 is 6.61 Å². The molecule has 0 fully saturated rings. The van der Waals surface area contributed by atoms with E-state index in [1.165, 1.54) is 25.3 Å². The first-order valence-electron chi connectivity index (χ1n) is 6.61. The van der Waals surface area contributed by atoms with E-state index in [9.17, 15) is 13.6 Å². The van der Waals surface area contributed by atoms with Crippen LogP contribution >= 0.6 is 11.8 Å². The van der Waals surface area contributed by atoms with Gasteiger partial charge in [0, 0.05) is 16.1 Å². The summed E-state index contributed by atoms with van der Waals surface area (Å²) in [4.78, 5) is 13.3. The Morgan fingerprint density at radius 3 is 2.61 bits per heavy atom. The van der Waals surface area contributed by atoms with Gasteiger partial charge in [0.2, 0.25) is 0 Å². The Hall–Kier alpha value is -2.28. The Balaban J connectivity index is 2.18. The largest absolute Gasteiger partial charge is 0.493 e. The Morgan fingerprint density at radius 1 is 1.17 bits per heavy atom. The van der Waals surface area contributed by atoms with Crippen LogP contribution in [0.15, 0.2) is 47.4 Å². The lowest BCUT2D eigenvalue weighted by atomic mass is 10.2. The second kappa shape index (κ2) is 7.82. The summed E-state index contributed by atoms with van der Waals surface area (Å²) in [6.45, 7) is -2.96. The van der Waals surface area contributed by atoms with Crippen LogP contribution in [-0.2, 0) is 0 Å². The number of thioether (sulfide) groups is 1. The summed E-state index contributed by atoms with van der Waals surface area (Å²) in [7, 11) is 1.32. The van der Waals surface area contributed by atoms with Gasteiger partial charge in [0.05, 0.1) is 7.11 Å². The van der Waals surface area contributed by atoms with Gasteiger partial charge in [0.15, 0.2) is 11.5 Å². The standard InChI is InChI=1S/C16H15F2NO3S/c1-21-14-8-10(6-7-13(14)22-16(17)18)15(20)19-11-4-3-5-12(9-11)23-2/h3-9,16H,1-2H3,(H,19,20). The Kier molecular flexibility index (Phi) is 5.81. The highest BCUT2D eigenvalue weighted by Gasteiger charge is 2.14. The zero-order valence-electron chi connectivity index (χ0n) is 12.5. The van der Waals surface area contributed by atoms with Crippen molar-refractivity contribution in [3.05, 3.63) is 48.0 Å². The van der Waals surface area contributed by atoms with Gasteiger partial charge in [-0.3, -0.25) is 4.79 Å². The molecule has 0 spiro atoms. The molecule has 7 heteroatoms. The third kappa shape index (κ3) is 4.59. The molecule has 23 heavy (non-hydrogen) atoms. The molecule has 122 valence electrons. The van der Waals surface area contributed by atoms with Crippen LogP contribution in [0.5, 0.6) is 11.5 Å². The monoisotopic (exact) mass is 339 g/mol. The molecule has 2 aromatic carbocycles. The molecular formula is C16H15F2NO3S. The molecule has 1 amide bonds. The molecule has 0 saturated heterocycles. The number of rotatable bonds is 6. The second-order valence-corrected chi connectivity index (χ2v) is 5.31. The number of ether oxygens (including phenoxy) is 2. The third-order valence-electron chi connectivity index (χ3n) is 2.97. The normalized spacial score (nSPS) is 10.5. The number of hydrogen-bond donors (Lipinski definition) is 1. The molecule has 2 rings (SSSR count). The van der Waals surface area contributed by atoms with Crippen LogP contribution in [0, 0.1) is 0 Å². The fourth-order valence-electron chi connectivity index (χ4n) is 1.91.